The fourth-order valence-electron chi connectivity index (χ4n) is 2.84. The van der Waals surface area contributed by atoms with Gasteiger partial charge in [-0.15, -0.1) is 0 Å². The van der Waals surface area contributed by atoms with E-state index in [0.29, 0.717) is 43.0 Å². The lowest BCUT2D eigenvalue weighted by Crippen LogP contribution is -2.34. The van der Waals surface area contributed by atoms with Gasteiger partial charge in [0.1, 0.15) is 0 Å². The molecule has 0 bridgehead atoms. The van der Waals surface area contributed by atoms with E-state index in [1.807, 2.05) is 30.0 Å². The second-order valence-electron chi connectivity index (χ2n) is 5.86. The average molecular weight is 301 g/mol. The van der Waals surface area contributed by atoms with E-state index in [1.54, 1.807) is 13.0 Å². The number of anilines is 1. The predicted molar refractivity (Wildman–Crippen MR) is 83.9 cm³/mol. The number of aromatic nitrogens is 2. The zero-order valence-corrected chi connectivity index (χ0v) is 12.8. The maximum atomic E-state index is 12.1. The number of nitrogens with zero attached hydrogens (tertiary/aromatic N) is 2. The minimum Gasteiger partial charge on any atom is -0.466 e. The molecule has 0 amide bonds. The highest BCUT2D eigenvalue weighted by molar-refractivity contribution is 5.80. The van der Waals surface area contributed by atoms with Crippen LogP contribution >= 0.6 is 0 Å². The Balaban J connectivity index is 1.90. The molecule has 6 nitrogen and oxygen atoms in total. The Hall–Kier alpha value is -2.37. The minimum absolute atomic E-state index is 0.162. The van der Waals surface area contributed by atoms with E-state index in [2.05, 4.69) is 9.97 Å². The normalized spacial score (nSPS) is 21.3. The number of rotatable bonds is 3. The maximum absolute atomic E-state index is 12.1. The van der Waals surface area contributed by atoms with Crippen molar-refractivity contribution in [3.63, 3.8) is 0 Å². The summed E-state index contributed by atoms with van der Waals surface area (Å²) >= 11 is 0. The molecule has 2 aromatic rings. The van der Waals surface area contributed by atoms with E-state index in [1.165, 1.54) is 0 Å². The smallest absolute Gasteiger partial charge is 0.313 e. The Morgan fingerprint density at radius 1 is 1.45 bits per heavy atom. The van der Waals surface area contributed by atoms with Gasteiger partial charge >= 0.3 is 5.97 Å². The van der Waals surface area contributed by atoms with Crippen molar-refractivity contribution in [2.24, 2.45) is 5.41 Å². The van der Waals surface area contributed by atoms with E-state index in [0.717, 1.165) is 0 Å². The van der Waals surface area contributed by atoms with Gasteiger partial charge in [-0.25, -0.2) is 4.98 Å². The first kappa shape index (κ1) is 14.6. The van der Waals surface area contributed by atoms with Gasteiger partial charge in [0.05, 0.1) is 22.9 Å². The molecule has 0 radical (unpaired) electrons. The summed E-state index contributed by atoms with van der Waals surface area (Å²) in [6, 6.07) is 7.23. The van der Waals surface area contributed by atoms with Crippen LogP contribution in [0.4, 0.5) is 5.95 Å². The Morgan fingerprint density at radius 3 is 3.00 bits per heavy atom. The van der Waals surface area contributed by atoms with Gasteiger partial charge in [0.25, 0.3) is 5.56 Å². The van der Waals surface area contributed by atoms with Gasteiger partial charge in [0.2, 0.25) is 5.95 Å². The Bertz CT molecular complexity index is 771. The molecule has 1 saturated heterocycles. The van der Waals surface area contributed by atoms with Crippen molar-refractivity contribution in [1.29, 1.82) is 0 Å². The van der Waals surface area contributed by atoms with Crippen LogP contribution in [0, 0.1) is 5.41 Å². The Kier molecular flexibility index (Phi) is 3.60. The fourth-order valence-corrected chi connectivity index (χ4v) is 2.84. The number of esters is 1. The third-order valence-corrected chi connectivity index (χ3v) is 4.14. The standard InChI is InChI=1S/C16H19N3O3/c1-3-22-14(21)16(2)8-9-19(10-16)15-17-12-7-5-4-6-11(12)13(20)18-15/h4-7H,3,8-10H2,1-2H3,(H,17,18,20). The highest BCUT2D eigenvalue weighted by Crippen LogP contribution is 2.33. The average Bonchev–Trinajstić information content (AvgIpc) is 2.91. The summed E-state index contributed by atoms with van der Waals surface area (Å²) in [5.41, 5.74) is -0.0587. The molecular formula is C16H19N3O3. The summed E-state index contributed by atoms with van der Waals surface area (Å²) in [6.07, 6.45) is 0.683. The molecular weight excluding hydrogens is 282 g/mol. The Labute approximate surface area is 128 Å². The molecule has 3 rings (SSSR count). The second kappa shape index (κ2) is 5.44. The summed E-state index contributed by atoms with van der Waals surface area (Å²) in [4.78, 5) is 33.5. The van der Waals surface area contributed by atoms with E-state index < -0.39 is 5.41 Å². The van der Waals surface area contributed by atoms with E-state index in [9.17, 15) is 9.59 Å². The number of hydrogen-bond donors (Lipinski definition) is 1. The van der Waals surface area contributed by atoms with Gasteiger partial charge in [-0.05, 0) is 32.4 Å². The number of hydrogen-bond acceptors (Lipinski definition) is 5. The number of benzene rings is 1. The van der Waals surface area contributed by atoms with Crippen molar-refractivity contribution in [2.45, 2.75) is 20.3 Å². The SMILES string of the molecule is CCOC(=O)C1(C)CCN(c2nc3ccccc3c(=O)[nH]2)C1. The lowest BCUT2D eigenvalue weighted by Gasteiger charge is -2.22. The largest absolute Gasteiger partial charge is 0.466 e. The number of aromatic amines is 1. The molecule has 1 N–H and O–H groups in total. The van der Waals surface area contributed by atoms with Crippen LogP contribution in [-0.2, 0) is 9.53 Å². The highest BCUT2D eigenvalue weighted by atomic mass is 16.5. The van der Waals surface area contributed by atoms with Gasteiger partial charge in [-0.3, -0.25) is 14.6 Å². The fraction of sp³-hybridized carbons (Fsp3) is 0.438. The van der Waals surface area contributed by atoms with Crippen LogP contribution in [0.25, 0.3) is 10.9 Å². The third kappa shape index (κ3) is 2.45. The van der Waals surface area contributed by atoms with E-state index in [4.69, 9.17) is 4.74 Å². The molecule has 1 aromatic carbocycles. The molecule has 1 atom stereocenters. The van der Waals surface area contributed by atoms with Crippen molar-refractivity contribution >= 4 is 22.8 Å². The first-order chi connectivity index (χ1) is 10.5. The summed E-state index contributed by atoms with van der Waals surface area (Å²) in [7, 11) is 0. The van der Waals surface area contributed by atoms with E-state index >= 15 is 0 Å². The number of ether oxygens (including phenoxy) is 1. The van der Waals surface area contributed by atoms with Gasteiger partial charge in [0, 0.05) is 13.1 Å². The molecule has 0 aliphatic carbocycles. The zero-order chi connectivity index (χ0) is 15.7. The number of carbonyl (C=O) groups is 1. The first-order valence-electron chi connectivity index (χ1n) is 7.45. The summed E-state index contributed by atoms with van der Waals surface area (Å²) in [5.74, 6) is 0.317. The molecule has 6 heteroatoms. The highest BCUT2D eigenvalue weighted by Gasteiger charge is 2.42. The van der Waals surface area contributed by atoms with Crippen LogP contribution < -0.4 is 10.5 Å². The molecule has 1 aliphatic heterocycles. The molecule has 0 spiro atoms. The molecule has 116 valence electrons. The molecule has 1 aromatic heterocycles. The molecule has 1 unspecified atom stereocenters. The van der Waals surface area contributed by atoms with Crippen LogP contribution in [0.3, 0.4) is 0 Å². The zero-order valence-electron chi connectivity index (χ0n) is 12.8. The van der Waals surface area contributed by atoms with Gasteiger partial charge in [-0.2, -0.15) is 0 Å². The Morgan fingerprint density at radius 2 is 2.23 bits per heavy atom. The van der Waals surface area contributed by atoms with Crippen molar-refractivity contribution in [1.82, 2.24) is 9.97 Å². The number of carbonyl (C=O) groups excluding carboxylic acids is 1. The lowest BCUT2D eigenvalue weighted by molar-refractivity contribution is -0.153. The lowest BCUT2D eigenvalue weighted by atomic mass is 9.90. The number of nitrogens with one attached hydrogen (secondary N) is 1. The van der Waals surface area contributed by atoms with Gasteiger partial charge in [0.15, 0.2) is 0 Å². The summed E-state index contributed by atoms with van der Waals surface area (Å²) in [5, 5.41) is 0.568. The monoisotopic (exact) mass is 301 g/mol. The van der Waals surface area contributed by atoms with Crippen molar-refractivity contribution in [2.75, 3.05) is 24.6 Å². The predicted octanol–water partition coefficient (Wildman–Crippen LogP) is 1.70. The van der Waals surface area contributed by atoms with Crippen molar-refractivity contribution in [3.8, 4) is 0 Å². The number of para-hydroxylation sites is 1. The molecule has 1 aliphatic rings. The quantitative estimate of drug-likeness (QED) is 0.873. The van der Waals surface area contributed by atoms with Gasteiger partial charge < -0.3 is 9.64 Å². The maximum Gasteiger partial charge on any atom is 0.313 e. The van der Waals surface area contributed by atoms with Crippen LogP contribution in [0.5, 0.6) is 0 Å². The molecule has 22 heavy (non-hydrogen) atoms. The number of H-pyrrole nitrogens is 1. The molecule has 1 fully saturated rings. The minimum atomic E-state index is -0.555. The van der Waals surface area contributed by atoms with Crippen molar-refractivity contribution in [3.05, 3.63) is 34.6 Å². The molecule has 2 heterocycles. The van der Waals surface area contributed by atoms with Crippen LogP contribution in [-0.4, -0.2) is 35.6 Å². The summed E-state index contributed by atoms with van der Waals surface area (Å²) < 4.78 is 5.15. The van der Waals surface area contributed by atoms with Crippen molar-refractivity contribution < 1.29 is 9.53 Å². The number of fused-ring (bicyclic) bond motifs is 1. The van der Waals surface area contributed by atoms with Crippen LogP contribution in [0.15, 0.2) is 29.1 Å². The molecule has 0 saturated carbocycles. The van der Waals surface area contributed by atoms with E-state index in [-0.39, 0.29) is 11.5 Å². The second-order valence-corrected chi connectivity index (χ2v) is 5.86. The summed E-state index contributed by atoms with van der Waals surface area (Å²) in [6.45, 7) is 5.23. The van der Waals surface area contributed by atoms with Gasteiger partial charge in [-0.1, -0.05) is 12.1 Å². The topological polar surface area (TPSA) is 75.3 Å². The third-order valence-electron chi connectivity index (χ3n) is 4.14. The van der Waals surface area contributed by atoms with Crippen LogP contribution in [0.2, 0.25) is 0 Å². The first-order valence-corrected chi connectivity index (χ1v) is 7.45. The van der Waals surface area contributed by atoms with Crippen LogP contribution in [0.1, 0.15) is 20.3 Å².